The summed E-state index contributed by atoms with van der Waals surface area (Å²) < 4.78 is 78.6. The van der Waals surface area contributed by atoms with Gasteiger partial charge < -0.3 is 25.0 Å². The number of hydrogen-bond acceptors (Lipinski definition) is 9. The minimum atomic E-state index is -4.17. The number of carbonyl (C=O) groups excluding carboxylic acids is 2. The normalized spacial score (nSPS) is 13.3. The average Bonchev–Trinajstić information content (AvgIpc) is 3.09. The Morgan fingerprint density at radius 1 is 0.836 bits per heavy atom. The fourth-order valence-corrected chi connectivity index (χ4v) is 7.93. The number of fused-ring (bicyclic) bond motifs is 2. The van der Waals surface area contributed by atoms with E-state index in [0.29, 0.717) is 99.1 Å². The third-order valence-electron chi connectivity index (χ3n) is 9.43. The Labute approximate surface area is 323 Å². The fraction of sp³-hybridized carbons (Fsp3) is 0.462. The molecule has 0 aliphatic rings. The standard InChI is InChI=1S/C39H52N4O10S2/c1-27(2)52-31-14-15-35-33(26-31)36(32-12-6-7-13-34(32)42(35)18-10-22-54(46,47)48)39(45)53-37-28(3)24-30(25-29(37)4)38(44)41-17-9-20-43(5,19-8-16-40)21-11-23-55(49,50)51/h6-7,12-15,24-27H,8-11,16-23,40H2,1-5H3,(H-2,41,44,46,47,48,49,50,51)/p+2. The topological polar surface area (TPSA) is 203 Å². The number of ether oxygens (including phenoxy) is 2. The van der Waals surface area contributed by atoms with E-state index in [9.17, 15) is 31.0 Å². The number of hydrogen-bond donors (Lipinski definition) is 4. The van der Waals surface area contributed by atoms with Crippen molar-refractivity contribution < 1.29 is 54.1 Å². The molecule has 0 saturated heterocycles. The molecule has 55 heavy (non-hydrogen) atoms. The Morgan fingerprint density at radius 2 is 1.44 bits per heavy atom. The summed E-state index contributed by atoms with van der Waals surface area (Å²) >= 11 is 0. The molecule has 14 nitrogen and oxygen atoms in total. The number of pyridine rings is 1. The maximum atomic E-state index is 14.3. The highest BCUT2D eigenvalue weighted by atomic mass is 32.2. The molecule has 16 heteroatoms. The number of nitrogens with zero attached hydrogens (tertiary/aromatic N) is 2. The van der Waals surface area contributed by atoms with Crippen molar-refractivity contribution in [2.45, 2.75) is 66.0 Å². The van der Waals surface area contributed by atoms with Gasteiger partial charge in [-0.1, -0.05) is 12.1 Å². The van der Waals surface area contributed by atoms with Crippen molar-refractivity contribution in [2.24, 2.45) is 5.73 Å². The first kappa shape index (κ1) is 43.5. The van der Waals surface area contributed by atoms with Crippen LogP contribution < -0.4 is 25.1 Å². The molecule has 0 saturated carbocycles. The highest BCUT2D eigenvalue weighted by Gasteiger charge is 2.28. The molecular formula is C39H54N4O10S2+2. The SMILES string of the molecule is Cc1cc(C(=O)NCCC[N+](C)(CCCN)CCCS(=O)(=O)O)cc(C)c1OC(=O)c1c2ccccc2[n+](CCCS(=O)(=O)O)c2ccc(OC(C)C)cc12. The number of quaternary nitrogens is 1. The number of aromatic nitrogens is 1. The predicted octanol–water partition coefficient (Wildman–Crippen LogP) is 4.37. The molecule has 1 amide bonds. The van der Waals surface area contributed by atoms with Gasteiger partial charge in [-0.3, -0.25) is 13.9 Å². The van der Waals surface area contributed by atoms with Crippen molar-refractivity contribution in [1.82, 2.24) is 5.32 Å². The Bertz CT molecular complexity index is 2220. The number of para-hydroxylation sites is 1. The van der Waals surface area contributed by atoms with Gasteiger partial charge in [0.05, 0.1) is 60.6 Å². The maximum Gasteiger partial charge on any atom is 0.345 e. The Kier molecular flexibility index (Phi) is 14.7. The number of esters is 1. The van der Waals surface area contributed by atoms with Gasteiger partial charge in [0.2, 0.25) is 11.0 Å². The molecule has 0 spiro atoms. The highest BCUT2D eigenvalue weighted by molar-refractivity contribution is 7.86. The molecule has 0 aliphatic heterocycles. The van der Waals surface area contributed by atoms with Gasteiger partial charge >= 0.3 is 5.97 Å². The van der Waals surface area contributed by atoms with Gasteiger partial charge in [-0.2, -0.15) is 21.4 Å². The van der Waals surface area contributed by atoms with Crippen LogP contribution in [0.5, 0.6) is 11.5 Å². The van der Waals surface area contributed by atoms with Gasteiger partial charge in [0.1, 0.15) is 11.5 Å². The van der Waals surface area contributed by atoms with Gasteiger partial charge in [-0.15, -0.1) is 0 Å². The van der Waals surface area contributed by atoms with E-state index in [1.54, 1.807) is 50.2 Å². The van der Waals surface area contributed by atoms with Crippen LogP contribution in [0.1, 0.15) is 71.4 Å². The van der Waals surface area contributed by atoms with Crippen LogP contribution in [-0.2, 0) is 26.8 Å². The van der Waals surface area contributed by atoms with E-state index < -0.39 is 32.0 Å². The van der Waals surface area contributed by atoms with Crippen LogP contribution in [0.3, 0.4) is 0 Å². The van der Waals surface area contributed by atoms with Gasteiger partial charge in [-0.25, -0.2) is 4.79 Å². The van der Waals surface area contributed by atoms with Crippen LogP contribution in [0.25, 0.3) is 21.8 Å². The van der Waals surface area contributed by atoms with E-state index >= 15 is 0 Å². The Balaban J connectivity index is 1.57. The van der Waals surface area contributed by atoms with Crippen molar-refractivity contribution in [3.05, 3.63) is 76.9 Å². The van der Waals surface area contributed by atoms with Crippen LogP contribution in [0.15, 0.2) is 54.6 Å². The summed E-state index contributed by atoms with van der Waals surface area (Å²) in [7, 11) is -6.20. The monoisotopic (exact) mass is 802 g/mol. The molecule has 1 aromatic heterocycles. The van der Waals surface area contributed by atoms with E-state index in [0.717, 1.165) is 13.0 Å². The van der Waals surface area contributed by atoms with E-state index in [2.05, 4.69) is 5.32 Å². The zero-order valence-electron chi connectivity index (χ0n) is 32.2. The summed E-state index contributed by atoms with van der Waals surface area (Å²) in [4.78, 5) is 27.5. The molecule has 4 rings (SSSR count). The maximum absolute atomic E-state index is 14.3. The predicted molar refractivity (Wildman–Crippen MR) is 212 cm³/mol. The first-order valence-electron chi connectivity index (χ1n) is 18.4. The van der Waals surface area contributed by atoms with Crippen LogP contribution >= 0.6 is 0 Å². The Morgan fingerprint density at radius 3 is 2.07 bits per heavy atom. The summed E-state index contributed by atoms with van der Waals surface area (Å²) in [6.07, 6.45) is 1.71. The zero-order chi connectivity index (χ0) is 40.6. The molecule has 3 aromatic carbocycles. The first-order chi connectivity index (χ1) is 25.8. The third-order valence-corrected chi connectivity index (χ3v) is 11.0. The lowest BCUT2D eigenvalue weighted by molar-refractivity contribution is -0.909. The van der Waals surface area contributed by atoms with Gasteiger partial charge in [0.15, 0.2) is 6.54 Å². The molecule has 1 atom stereocenters. The minimum Gasteiger partial charge on any atom is -0.491 e. The summed E-state index contributed by atoms with van der Waals surface area (Å²) in [5.41, 5.74) is 8.90. The largest absolute Gasteiger partial charge is 0.491 e. The Hall–Kier alpha value is -4.19. The molecule has 5 N–H and O–H groups in total. The number of carbonyl (C=O) groups is 2. The lowest BCUT2D eigenvalue weighted by Crippen LogP contribution is -2.48. The van der Waals surface area contributed by atoms with Gasteiger partial charge in [0, 0.05) is 49.9 Å². The summed E-state index contributed by atoms with van der Waals surface area (Å²) in [6, 6.07) is 16.0. The summed E-state index contributed by atoms with van der Waals surface area (Å²) in [5, 5.41) is 4.07. The van der Waals surface area contributed by atoms with Crippen molar-refractivity contribution in [3.63, 3.8) is 0 Å². The van der Waals surface area contributed by atoms with Crippen LogP contribution in [-0.4, -0.2) is 99.7 Å². The summed E-state index contributed by atoms with van der Waals surface area (Å²) in [6.45, 7) is 10.4. The molecule has 0 bridgehead atoms. The summed E-state index contributed by atoms with van der Waals surface area (Å²) in [5.74, 6) is -0.784. The van der Waals surface area contributed by atoms with Crippen LogP contribution in [0.2, 0.25) is 0 Å². The number of rotatable bonds is 20. The molecule has 0 fully saturated rings. The molecule has 1 unspecified atom stereocenters. The van der Waals surface area contributed by atoms with E-state index in [1.807, 2.05) is 43.7 Å². The average molecular weight is 803 g/mol. The van der Waals surface area contributed by atoms with Crippen molar-refractivity contribution >= 4 is 53.9 Å². The molecular weight excluding hydrogens is 749 g/mol. The number of nitrogens with one attached hydrogen (secondary N) is 1. The quantitative estimate of drug-likeness (QED) is 0.0188. The van der Waals surface area contributed by atoms with E-state index in [-0.39, 0.29) is 30.7 Å². The second kappa shape index (κ2) is 18.6. The molecule has 1 heterocycles. The third kappa shape index (κ3) is 12.4. The second-order valence-electron chi connectivity index (χ2n) is 14.5. The molecule has 4 aromatic rings. The van der Waals surface area contributed by atoms with Crippen LogP contribution in [0.4, 0.5) is 0 Å². The molecule has 0 aliphatic carbocycles. The minimum absolute atomic E-state index is 0.137. The van der Waals surface area contributed by atoms with Crippen LogP contribution in [0, 0.1) is 13.8 Å². The van der Waals surface area contributed by atoms with E-state index in [1.165, 1.54) is 0 Å². The van der Waals surface area contributed by atoms with E-state index in [4.69, 9.17) is 19.8 Å². The smallest absolute Gasteiger partial charge is 0.345 e. The van der Waals surface area contributed by atoms with Crippen molar-refractivity contribution in [3.8, 4) is 11.5 Å². The number of amides is 1. The molecule has 300 valence electrons. The van der Waals surface area contributed by atoms with Crippen molar-refractivity contribution in [2.75, 3.05) is 51.3 Å². The number of aryl methyl sites for hydroxylation is 3. The number of nitrogens with two attached hydrogens (primary N) is 1. The highest BCUT2D eigenvalue weighted by Crippen LogP contribution is 2.32. The van der Waals surface area contributed by atoms with Gasteiger partial charge in [0.25, 0.3) is 26.1 Å². The van der Waals surface area contributed by atoms with Crippen molar-refractivity contribution in [1.29, 1.82) is 0 Å². The lowest BCUT2D eigenvalue weighted by atomic mass is 10.0. The fourth-order valence-electron chi connectivity index (χ4n) is 6.95. The lowest BCUT2D eigenvalue weighted by Gasteiger charge is -2.34. The molecule has 0 radical (unpaired) electrons. The van der Waals surface area contributed by atoms with Gasteiger partial charge in [-0.05, 0) is 75.7 Å². The zero-order valence-corrected chi connectivity index (χ0v) is 33.8. The second-order valence-corrected chi connectivity index (χ2v) is 17.7. The first-order valence-corrected chi connectivity index (χ1v) is 21.6. The number of benzene rings is 3.